The first-order chi connectivity index (χ1) is 14.5. The average Bonchev–Trinajstić information content (AvgIpc) is 2.81. The van der Waals surface area contributed by atoms with Crippen LogP contribution in [0.2, 0.25) is 0 Å². The zero-order valence-electron chi connectivity index (χ0n) is 19.3. The van der Waals surface area contributed by atoms with E-state index in [4.69, 9.17) is 4.74 Å². The maximum absolute atomic E-state index is 12.1. The van der Waals surface area contributed by atoms with E-state index in [1.807, 2.05) is 32.0 Å². The van der Waals surface area contributed by atoms with Gasteiger partial charge in [0.05, 0.1) is 12.8 Å². The van der Waals surface area contributed by atoms with Gasteiger partial charge in [0.2, 0.25) is 0 Å². The lowest BCUT2D eigenvalue weighted by molar-refractivity contribution is -0.122. The molecule has 1 fully saturated rings. The van der Waals surface area contributed by atoms with Gasteiger partial charge >= 0.3 is 6.03 Å². The Hall–Kier alpha value is -2.54. The van der Waals surface area contributed by atoms with Crippen LogP contribution in [0.15, 0.2) is 36.9 Å². The third-order valence-corrected chi connectivity index (χ3v) is 5.13. The van der Waals surface area contributed by atoms with E-state index in [-0.39, 0.29) is 11.9 Å². The van der Waals surface area contributed by atoms with Gasteiger partial charge in [-0.1, -0.05) is 32.6 Å². The molecular weight excluding hydrogens is 380 g/mol. The first-order valence-corrected chi connectivity index (χ1v) is 10.7. The molecule has 1 heterocycles. The van der Waals surface area contributed by atoms with Crippen molar-refractivity contribution in [3.63, 3.8) is 0 Å². The van der Waals surface area contributed by atoms with Gasteiger partial charge in [-0.15, -0.1) is 0 Å². The van der Waals surface area contributed by atoms with E-state index in [0.717, 1.165) is 68.0 Å². The minimum absolute atomic E-state index is 0.296. The largest absolute Gasteiger partial charge is 0.495 e. The number of ether oxygens (including phenoxy) is 1. The second kappa shape index (κ2) is 13.6. The molecule has 7 heteroatoms. The molecular formula is C23H38N4O3. The fourth-order valence-electron chi connectivity index (χ4n) is 3.37. The van der Waals surface area contributed by atoms with E-state index in [2.05, 4.69) is 22.4 Å². The Balaban J connectivity index is 0.00000218. The van der Waals surface area contributed by atoms with Crippen molar-refractivity contribution in [2.75, 3.05) is 65.4 Å². The monoisotopic (exact) mass is 418 g/mol. The van der Waals surface area contributed by atoms with Crippen LogP contribution in [0.25, 0.3) is 0 Å². The molecule has 0 aliphatic carbocycles. The van der Waals surface area contributed by atoms with Crippen molar-refractivity contribution in [2.24, 2.45) is 0 Å². The molecule has 2 rings (SSSR count). The molecule has 0 bridgehead atoms. The van der Waals surface area contributed by atoms with Crippen LogP contribution in [0.3, 0.4) is 0 Å². The predicted molar refractivity (Wildman–Crippen MR) is 123 cm³/mol. The standard InChI is InChI=1S/C21H32N4O3.C2H6/c1-5-20(26)23(3)21(27)22(2)12-8-9-13-24-14-16-25(17-15-24)18-10-6-7-11-19(18)28-4;1-2/h5-7,10-11H,1,8-9,12-17H2,2-4H3;1-2H3. The zero-order valence-corrected chi connectivity index (χ0v) is 19.3. The summed E-state index contributed by atoms with van der Waals surface area (Å²) in [5, 5.41) is 0. The number of nitrogens with zero attached hydrogens (tertiary/aromatic N) is 4. The number of hydrogen-bond donors (Lipinski definition) is 0. The van der Waals surface area contributed by atoms with Crippen LogP contribution in [0.1, 0.15) is 26.7 Å². The molecule has 1 aliphatic rings. The smallest absolute Gasteiger partial charge is 0.326 e. The third-order valence-electron chi connectivity index (χ3n) is 5.13. The topological polar surface area (TPSA) is 56.3 Å². The summed E-state index contributed by atoms with van der Waals surface area (Å²) in [6, 6.07) is 7.85. The molecule has 0 spiro atoms. The molecule has 0 radical (unpaired) electrons. The minimum atomic E-state index is -0.384. The third kappa shape index (κ3) is 7.37. The number of anilines is 1. The number of rotatable bonds is 8. The highest BCUT2D eigenvalue weighted by atomic mass is 16.5. The molecule has 0 saturated carbocycles. The Labute approximate surface area is 181 Å². The SMILES string of the molecule is C=CC(=O)N(C)C(=O)N(C)CCCCN1CCN(c2ccccc2OC)CC1.CC. The van der Waals surface area contributed by atoms with Crippen LogP contribution in [-0.4, -0.2) is 87.1 Å². The number of likely N-dealkylation sites (N-methyl/N-ethyl adjacent to an activating group) is 1. The molecule has 1 aromatic rings. The molecule has 0 aromatic heterocycles. The second-order valence-corrected chi connectivity index (χ2v) is 7.01. The van der Waals surface area contributed by atoms with E-state index in [0.29, 0.717) is 6.54 Å². The Morgan fingerprint density at radius 2 is 1.73 bits per heavy atom. The van der Waals surface area contributed by atoms with E-state index in [1.165, 1.54) is 7.05 Å². The highest BCUT2D eigenvalue weighted by Gasteiger charge is 2.20. The molecule has 0 unspecified atom stereocenters. The number of unbranched alkanes of at least 4 members (excludes halogenated alkanes) is 1. The molecule has 30 heavy (non-hydrogen) atoms. The minimum Gasteiger partial charge on any atom is -0.495 e. The summed E-state index contributed by atoms with van der Waals surface area (Å²) in [4.78, 5) is 31.1. The molecule has 3 amide bonds. The van der Waals surface area contributed by atoms with Gasteiger partial charge in [0.15, 0.2) is 0 Å². The summed E-state index contributed by atoms with van der Waals surface area (Å²) in [6.07, 6.45) is 3.08. The highest BCUT2D eigenvalue weighted by molar-refractivity contribution is 5.99. The van der Waals surface area contributed by atoms with Gasteiger partial charge in [0.1, 0.15) is 5.75 Å². The Morgan fingerprint density at radius 1 is 1.10 bits per heavy atom. The summed E-state index contributed by atoms with van der Waals surface area (Å²) in [5.74, 6) is 0.535. The number of imide groups is 1. The van der Waals surface area contributed by atoms with Crippen LogP contribution < -0.4 is 9.64 Å². The highest BCUT2D eigenvalue weighted by Crippen LogP contribution is 2.28. The number of benzene rings is 1. The average molecular weight is 419 g/mol. The number of piperazine rings is 1. The second-order valence-electron chi connectivity index (χ2n) is 7.01. The number of urea groups is 1. The summed E-state index contributed by atoms with van der Waals surface area (Å²) >= 11 is 0. The summed E-state index contributed by atoms with van der Waals surface area (Å²) in [5.41, 5.74) is 1.16. The summed E-state index contributed by atoms with van der Waals surface area (Å²) < 4.78 is 5.47. The van der Waals surface area contributed by atoms with Gasteiger partial charge in [-0.2, -0.15) is 0 Å². The molecule has 7 nitrogen and oxygen atoms in total. The number of methoxy groups -OCH3 is 1. The van der Waals surface area contributed by atoms with Gasteiger partial charge in [-0.05, 0) is 37.6 Å². The summed E-state index contributed by atoms with van der Waals surface area (Å²) in [7, 11) is 4.91. The van der Waals surface area contributed by atoms with E-state index < -0.39 is 0 Å². The van der Waals surface area contributed by atoms with E-state index in [1.54, 1.807) is 19.1 Å². The van der Waals surface area contributed by atoms with E-state index in [9.17, 15) is 9.59 Å². The van der Waals surface area contributed by atoms with Gasteiger partial charge in [-0.3, -0.25) is 14.6 Å². The molecule has 1 aliphatic heterocycles. The fourth-order valence-corrected chi connectivity index (χ4v) is 3.37. The molecule has 1 saturated heterocycles. The molecule has 0 atom stereocenters. The Morgan fingerprint density at radius 3 is 2.33 bits per heavy atom. The Kier molecular flexibility index (Phi) is 11.6. The van der Waals surface area contributed by atoms with Crippen LogP contribution in [-0.2, 0) is 4.79 Å². The van der Waals surface area contributed by atoms with Crippen molar-refractivity contribution in [3.8, 4) is 5.75 Å². The van der Waals surface area contributed by atoms with Crippen molar-refractivity contribution >= 4 is 17.6 Å². The van der Waals surface area contributed by atoms with Crippen molar-refractivity contribution in [1.29, 1.82) is 0 Å². The van der Waals surface area contributed by atoms with Crippen LogP contribution in [0.4, 0.5) is 10.5 Å². The van der Waals surface area contributed by atoms with Crippen molar-refractivity contribution in [3.05, 3.63) is 36.9 Å². The fraction of sp³-hybridized carbons (Fsp3) is 0.565. The number of carbonyl (C=O) groups excluding carboxylic acids is 2. The van der Waals surface area contributed by atoms with E-state index >= 15 is 0 Å². The van der Waals surface area contributed by atoms with Crippen LogP contribution in [0, 0.1) is 0 Å². The molecule has 0 N–H and O–H groups in total. The zero-order chi connectivity index (χ0) is 22.5. The van der Waals surface area contributed by atoms with Crippen molar-refractivity contribution in [1.82, 2.24) is 14.7 Å². The van der Waals surface area contributed by atoms with Gasteiger partial charge in [0.25, 0.3) is 5.91 Å². The first kappa shape index (κ1) is 25.5. The van der Waals surface area contributed by atoms with Crippen molar-refractivity contribution in [2.45, 2.75) is 26.7 Å². The summed E-state index contributed by atoms with van der Waals surface area (Å²) in [6.45, 7) is 13.1. The lowest BCUT2D eigenvalue weighted by atomic mass is 10.2. The number of amides is 3. The number of para-hydroxylation sites is 2. The maximum Gasteiger partial charge on any atom is 0.326 e. The van der Waals surface area contributed by atoms with Gasteiger partial charge in [0, 0.05) is 46.8 Å². The number of hydrogen-bond acceptors (Lipinski definition) is 5. The predicted octanol–water partition coefficient (Wildman–Crippen LogP) is 3.32. The Bertz CT molecular complexity index is 672. The lowest BCUT2D eigenvalue weighted by Gasteiger charge is -2.36. The first-order valence-electron chi connectivity index (χ1n) is 10.7. The van der Waals surface area contributed by atoms with Gasteiger partial charge < -0.3 is 14.5 Å². The quantitative estimate of drug-likeness (QED) is 0.479. The lowest BCUT2D eigenvalue weighted by Crippen LogP contribution is -2.47. The van der Waals surface area contributed by atoms with Gasteiger partial charge in [-0.25, -0.2) is 4.79 Å². The molecule has 168 valence electrons. The van der Waals surface area contributed by atoms with Crippen LogP contribution >= 0.6 is 0 Å². The maximum atomic E-state index is 12.1. The number of carbonyl (C=O) groups is 2. The molecule has 1 aromatic carbocycles. The van der Waals surface area contributed by atoms with Crippen molar-refractivity contribution < 1.29 is 14.3 Å². The normalized spacial score (nSPS) is 13.7. The van der Waals surface area contributed by atoms with Crippen LogP contribution in [0.5, 0.6) is 5.75 Å².